The maximum atomic E-state index is 9.11. The van der Waals surface area contributed by atoms with Gasteiger partial charge < -0.3 is 1.43 Å². The van der Waals surface area contributed by atoms with Gasteiger partial charge in [-0.15, -0.1) is 0 Å². The van der Waals surface area contributed by atoms with E-state index in [-0.39, 0.29) is 69.9 Å². The average Bonchev–Trinajstić information content (AvgIpc) is 2.41. The standard InChI is InChI=1S/6CHN.Fe.K.H2O3S2.H/c6*1-2;;;1-5(2,3)4;/h6*1H;;;(H2,1,2,3,4);/q;;;;;;;+1;;-1. The monoisotopic (exact) mass is 372 g/mol. The number of nitriles is 6. The smallest absolute Gasteiger partial charge is 1.00 e. The summed E-state index contributed by atoms with van der Waals surface area (Å²) >= 11 is 3.47. The molecule has 102 valence electrons. The van der Waals surface area contributed by atoms with Gasteiger partial charge in [0.1, 0.15) is 0 Å². The summed E-state index contributed by atoms with van der Waals surface area (Å²) < 4.78 is 24.0. The molecule has 0 aromatic carbocycles. The fourth-order valence-corrected chi connectivity index (χ4v) is 0. The molecule has 0 saturated heterocycles. The summed E-state index contributed by atoms with van der Waals surface area (Å²) in [5.74, 6) is 0. The Labute approximate surface area is 172 Å². The fourth-order valence-electron chi connectivity index (χ4n) is 0. The van der Waals surface area contributed by atoms with Crippen molar-refractivity contribution in [3.05, 3.63) is 0 Å². The predicted molar refractivity (Wildman–Crippen MR) is 61.9 cm³/mol. The quantitative estimate of drug-likeness (QED) is 0.433. The molecule has 0 amide bonds. The van der Waals surface area contributed by atoms with Crippen LogP contribution in [0.2, 0.25) is 0 Å². The summed E-state index contributed by atoms with van der Waals surface area (Å²) in [6.07, 6.45) is 0. The Morgan fingerprint density at radius 3 is 0.737 bits per heavy atom. The Kier molecular flexibility index (Phi) is 534. The number of rotatable bonds is 0. The number of nitrogens with zero attached hydrogens (tertiary/aromatic N) is 6. The molecule has 0 saturated carbocycles. The van der Waals surface area contributed by atoms with E-state index in [9.17, 15) is 0 Å². The van der Waals surface area contributed by atoms with Crippen molar-refractivity contribution in [1.82, 2.24) is 0 Å². The van der Waals surface area contributed by atoms with Crippen LogP contribution in [-0.4, -0.2) is 13.3 Å². The maximum absolute atomic E-state index is 9.11. The van der Waals surface area contributed by atoms with Crippen LogP contribution in [0.5, 0.6) is 0 Å². The average molecular weight is 372 g/mol. The summed E-state index contributed by atoms with van der Waals surface area (Å²) in [6, 6.07) is 0. The summed E-state index contributed by atoms with van der Waals surface area (Å²) in [6.45, 7) is 21.0. The third-order valence-corrected chi connectivity index (χ3v) is 0. The molecule has 0 unspecified atom stereocenters. The molecule has 0 aromatic heterocycles. The van der Waals surface area contributed by atoms with Gasteiger partial charge in [-0.05, 0) is 0 Å². The van der Waals surface area contributed by atoms with E-state index in [1.165, 1.54) is 0 Å². The van der Waals surface area contributed by atoms with E-state index < -0.39 is 9.05 Å². The van der Waals surface area contributed by atoms with Crippen LogP contribution < -0.4 is 51.4 Å². The van der Waals surface area contributed by atoms with Gasteiger partial charge >= 0.3 is 51.4 Å². The van der Waals surface area contributed by atoms with Crippen molar-refractivity contribution in [3.63, 3.8) is 0 Å². The molecule has 0 aliphatic rings. The van der Waals surface area contributed by atoms with Crippen LogP contribution in [0.1, 0.15) is 1.43 Å². The Bertz CT molecular complexity index is 273. The third kappa shape index (κ3) is 10900. The van der Waals surface area contributed by atoms with Crippen LogP contribution in [0.4, 0.5) is 0 Å². The first-order valence-corrected chi connectivity index (χ1v) is 4.64. The molecular formula is C6H9FeKN6O3S2. The van der Waals surface area contributed by atoms with Crippen LogP contribution >= 0.6 is 0 Å². The van der Waals surface area contributed by atoms with Crippen molar-refractivity contribution in [3.8, 4) is 39.4 Å². The van der Waals surface area contributed by atoms with E-state index >= 15 is 0 Å². The van der Waals surface area contributed by atoms with E-state index in [1.54, 1.807) is 0 Å². The normalized spacial score (nSPS) is 3.68. The van der Waals surface area contributed by atoms with Gasteiger partial charge in [0.25, 0.3) is 9.05 Å². The van der Waals surface area contributed by atoms with E-state index in [0.717, 1.165) is 0 Å². The minimum atomic E-state index is -3.83. The zero-order chi connectivity index (χ0) is 16.5. The van der Waals surface area contributed by atoms with Gasteiger partial charge in [-0.2, -0.15) is 4.21 Å². The first-order chi connectivity index (χ1) is 8.00. The van der Waals surface area contributed by atoms with E-state index in [1.807, 2.05) is 0 Å². The second-order valence-electron chi connectivity index (χ2n) is 0.448. The summed E-state index contributed by atoms with van der Waals surface area (Å²) in [5.41, 5.74) is 0. The van der Waals surface area contributed by atoms with Crippen molar-refractivity contribution < 1.29 is 83.2 Å². The summed E-state index contributed by atoms with van der Waals surface area (Å²) in [7, 11) is -3.83. The van der Waals surface area contributed by atoms with Gasteiger partial charge in [0, 0.05) is 67.7 Å². The van der Waals surface area contributed by atoms with Crippen molar-refractivity contribution in [1.29, 1.82) is 31.6 Å². The molecule has 9 nitrogen and oxygen atoms in total. The first-order valence-electron chi connectivity index (χ1n) is 2.25. The predicted octanol–water partition coefficient (Wildman–Crippen LogP) is -2.37. The topological polar surface area (TPSA) is 200 Å². The molecule has 0 aliphatic carbocycles. The Hall–Kier alpha value is -0.614. The van der Waals surface area contributed by atoms with Crippen LogP contribution in [0, 0.1) is 71.0 Å². The second-order valence-corrected chi connectivity index (χ2v) is 2.65. The zero-order valence-corrected chi connectivity index (χ0v) is 15.5. The van der Waals surface area contributed by atoms with E-state index in [4.69, 9.17) is 44.9 Å². The molecule has 0 aromatic rings. The van der Waals surface area contributed by atoms with Crippen molar-refractivity contribution in [2.45, 2.75) is 0 Å². The van der Waals surface area contributed by atoms with Gasteiger partial charge in [0.05, 0.1) is 0 Å². The number of hydrogen-bond donors (Lipinski definition) is 2. The van der Waals surface area contributed by atoms with Gasteiger partial charge in [-0.1, -0.05) is 0 Å². The van der Waals surface area contributed by atoms with Crippen LogP contribution in [0.3, 0.4) is 0 Å². The molecule has 13 heteroatoms. The third-order valence-electron chi connectivity index (χ3n) is 0. The molecule has 0 atom stereocenters. The van der Waals surface area contributed by atoms with E-state index in [2.05, 4.69) is 50.6 Å². The molecular weight excluding hydrogens is 363 g/mol. The van der Waals surface area contributed by atoms with Gasteiger partial charge in [-0.25, -0.2) is 31.6 Å². The molecule has 19 heavy (non-hydrogen) atoms. The van der Waals surface area contributed by atoms with Gasteiger partial charge in [0.15, 0.2) is 0 Å². The van der Waals surface area contributed by atoms with Crippen molar-refractivity contribution in [2.24, 2.45) is 0 Å². The van der Waals surface area contributed by atoms with Crippen LogP contribution in [0.15, 0.2) is 0 Å². The van der Waals surface area contributed by atoms with Gasteiger partial charge in [0.2, 0.25) is 0 Å². The molecule has 0 rings (SSSR count). The van der Waals surface area contributed by atoms with Crippen LogP contribution in [0.25, 0.3) is 0 Å². The molecule has 2 N–H and O–H groups in total. The molecule has 0 aliphatic heterocycles. The Morgan fingerprint density at radius 1 is 0.737 bits per heavy atom. The largest absolute Gasteiger partial charge is 1.00 e. The van der Waals surface area contributed by atoms with Crippen molar-refractivity contribution >= 4 is 20.2 Å². The fraction of sp³-hybridized carbons (Fsp3) is 0. The first kappa shape index (κ1) is 63.1. The van der Waals surface area contributed by atoms with E-state index in [0.29, 0.717) is 0 Å². The van der Waals surface area contributed by atoms with Crippen molar-refractivity contribution in [2.75, 3.05) is 0 Å². The number of hydrogen-bond acceptors (Lipinski definition) is 8. The molecule has 0 spiro atoms. The van der Waals surface area contributed by atoms with Gasteiger partial charge in [-0.3, -0.25) is 9.11 Å². The SMILES string of the molecule is C#N.C#N.C#N.C#N.C#N.C#N.O=S(O)(O)=S.[Fe].[H-].[K+]. The molecule has 0 fully saturated rings. The Morgan fingerprint density at radius 2 is 0.737 bits per heavy atom. The zero-order valence-electron chi connectivity index (χ0n) is 10.6. The summed E-state index contributed by atoms with van der Waals surface area (Å²) in [4.78, 5) is 0. The summed E-state index contributed by atoms with van der Waals surface area (Å²) in [5, 5.41) is 39.0. The molecule has 0 radical (unpaired) electrons. The molecule has 0 bridgehead atoms. The second kappa shape index (κ2) is 161. The molecule has 0 heterocycles. The Balaban J connectivity index is -0.00000000750. The maximum Gasteiger partial charge on any atom is 1.00 e. The van der Waals surface area contributed by atoms with Crippen LogP contribution in [-0.2, 0) is 37.3 Å². The minimum Gasteiger partial charge on any atom is -1.00 e. The minimum absolute atomic E-state index is 0.